The van der Waals surface area contributed by atoms with Gasteiger partial charge in [0.25, 0.3) is 5.91 Å². The number of aromatic nitrogens is 1. The lowest BCUT2D eigenvalue weighted by Gasteiger charge is -2.33. The molecule has 4 aliphatic rings. The highest BCUT2D eigenvalue weighted by Crippen LogP contribution is 2.46. The lowest BCUT2D eigenvalue weighted by atomic mass is 9.88. The van der Waals surface area contributed by atoms with E-state index in [9.17, 15) is 40.8 Å². The first-order valence-electron chi connectivity index (χ1n) is 19.6. The van der Waals surface area contributed by atoms with Crippen molar-refractivity contribution in [2.75, 3.05) is 13.2 Å². The minimum atomic E-state index is -4.86. The van der Waals surface area contributed by atoms with E-state index in [0.717, 1.165) is 0 Å². The Bertz CT molecular complexity index is 2050. The fourth-order valence-corrected chi connectivity index (χ4v) is 9.19. The molecule has 58 heavy (non-hydrogen) atoms. The molecule has 0 bridgehead atoms. The van der Waals surface area contributed by atoms with Crippen LogP contribution in [-0.4, -0.2) is 96.5 Å². The van der Waals surface area contributed by atoms with E-state index in [4.69, 9.17) is 21.1 Å². The first-order valence-corrected chi connectivity index (χ1v) is 21.5. The van der Waals surface area contributed by atoms with Gasteiger partial charge in [-0.25, -0.2) is 13.2 Å². The first kappa shape index (κ1) is 43.3. The number of halogens is 4. The molecule has 2 aliphatic heterocycles. The molecule has 2 aromatic rings. The van der Waals surface area contributed by atoms with Gasteiger partial charge in [-0.15, -0.1) is 0 Å². The Morgan fingerprint density at radius 3 is 2.57 bits per heavy atom. The maximum Gasteiger partial charge on any atom is 0.425 e. The summed E-state index contributed by atoms with van der Waals surface area (Å²) in [4.78, 5) is 61.7. The Morgan fingerprint density at radius 1 is 1.14 bits per heavy atom. The number of nitrogens with zero attached hydrogens (tertiary/aromatic N) is 2. The molecule has 1 aromatic carbocycles. The van der Waals surface area contributed by atoms with Gasteiger partial charge in [-0.1, -0.05) is 50.6 Å². The largest absolute Gasteiger partial charge is 0.478 e. The van der Waals surface area contributed by atoms with Gasteiger partial charge in [0.05, 0.1) is 18.4 Å². The number of fused-ring (bicyclic) bond motifs is 3. The quantitative estimate of drug-likeness (QED) is 0.256. The summed E-state index contributed by atoms with van der Waals surface area (Å²) < 4.78 is 84.9. The van der Waals surface area contributed by atoms with Gasteiger partial charge in [-0.3, -0.25) is 19.1 Å². The van der Waals surface area contributed by atoms with Crippen LogP contribution in [0.25, 0.3) is 10.8 Å². The predicted molar refractivity (Wildman–Crippen MR) is 206 cm³/mol. The normalized spacial score (nSPS) is 29.1. The zero-order chi connectivity index (χ0) is 42.2. The van der Waals surface area contributed by atoms with Crippen molar-refractivity contribution >= 4 is 56.2 Å². The van der Waals surface area contributed by atoms with Gasteiger partial charge < -0.3 is 29.7 Å². The highest BCUT2D eigenvalue weighted by molar-refractivity contribution is 7.91. The van der Waals surface area contributed by atoms with E-state index in [2.05, 4.69) is 25.1 Å². The Hall–Kier alpha value is -4.32. The van der Waals surface area contributed by atoms with Gasteiger partial charge in [0.2, 0.25) is 33.6 Å². The molecule has 3 heterocycles. The minimum Gasteiger partial charge on any atom is -0.478 e. The number of hydrogen-bond donors (Lipinski definition) is 3. The molecular weight excluding hydrogens is 807 g/mol. The Balaban J connectivity index is 1.36. The number of alkyl halides is 3. The highest BCUT2D eigenvalue weighted by Gasteiger charge is 2.62. The maximum atomic E-state index is 14.7. The monoisotopic (exact) mass is 855 g/mol. The number of sulfonamides is 1. The Kier molecular flexibility index (Phi) is 12.8. The average Bonchev–Trinajstić information content (AvgIpc) is 4.08. The van der Waals surface area contributed by atoms with Gasteiger partial charge >= 0.3 is 12.3 Å². The molecule has 0 radical (unpaired) electrons. The van der Waals surface area contributed by atoms with Gasteiger partial charge in [-0.2, -0.15) is 18.2 Å². The molecule has 0 unspecified atom stereocenters. The molecule has 6 rings (SSSR count). The lowest BCUT2D eigenvalue weighted by Crippen LogP contribution is -2.59. The number of rotatable bonds is 10. The third-order valence-electron chi connectivity index (χ3n) is 11.1. The second-order valence-electron chi connectivity index (χ2n) is 15.9. The second-order valence-corrected chi connectivity index (χ2v) is 18.3. The molecule has 318 valence electrons. The Morgan fingerprint density at radius 2 is 1.88 bits per heavy atom. The van der Waals surface area contributed by atoms with Crippen molar-refractivity contribution in [2.24, 2.45) is 17.8 Å². The van der Waals surface area contributed by atoms with Crippen molar-refractivity contribution in [1.82, 2.24) is 25.2 Å². The smallest absolute Gasteiger partial charge is 0.425 e. The predicted octanol–water partition coefficient (Wildman–Crippen LogP) is 5.57. The van der Waals surface area contributed by atoms with Crippen LogP contribution in [0.1, 0.15) is 79.1 Å². The molecule has 2 saturated carbocycles. The molecule has 19 heteroatoms. The second kappa shape index (κ2) is 17.1. The van der Waals surface area contributed by atoms with Crippen molar-refractivity contribution in [3.8, 4) is 11.8 Å². The number of ether oxygens (including phenoxy) is 3. The fourth-order valence-electron chi connectivity index (χ4n) is 7.60. The molecular formula is C39H49ClF3N5O9S. The summed E-state index contributed by atoms with van der Waals surface area (Å²) in [7, 11) is -3.99. The number of carbonyl (C=O) groups excluding carboxylic acids is 4. The maximum absolute atomic E-state index is 14.7. The topological polar surface area (TPSA) is 182 Å². The van der Waals surface area contributed by atoms with Crippen molar-refractivity contribution < 1.29 is 55.0 Å². The van der Waals surface area contributed by atoms with Crippen LogP contribution < -0.4 is 24.8 Å². The van der Waals surface area contributed by atoms with Crippen LogP contribution in [0.3, 0.4) is 0 Å². The van der Waals surface area contributed by atoms with Gasteiger partial charge in [0.1, 0.15) is 23.7 Å². The average molecular weight is 856 g/mol. The van der Waals surface area contributed by atoms with E-state index in [1.54, 1.807) is 37.3 Å². The van der Waals surface area contributed by atoms with Crippen molar-refractivity contribution in [1.29, 1.82) is 0 Å². The molecule has 1 aromatic heterocycles. The van der Waals surface area contributed by atoms with Crippen LogP contribution in [0.4, 0.5) is 18.0 Å². The van der Waals surface area contributed by atoms with E-state index < -0.39 is 86.9 Å². The molecule has 3 N–H and O–H groups in total. The van der Waals surface area contributed by atoms with Crippen molar-refractivity contribution in [3.05, 3.63) is 41.4 Å². The van der Waals surface area contributed by atoms with E-state index in [1.165, 1.54) is 4.90 Å². The number of hydrogen-bond acceptors (Lipinski definition) is 10. The summed E-state index contributed by atoms with van der Waals surface area (Å²) in [5.74, 6) is -3.39. The van der Waals surface area contributed by atoms with Gasteiger partial charge in [-0.05, 0) is 75.8 Å². The van der Waals surface area contributed by atoms with E-state index in [1.807, 2.05) is 19.9 Å². The summed E-state index contributed by atoms with van der Waals surface area (Å²) in [6.07, 6.45) is -3.12. The van der Waals surface area contributed by atoms with Gasteiger partial charge in [0.15, 0.2) is 6.10 Å². The molecule has 2 aliphatic carbocycles. The van der Waals surface area contributed by atoms with Crippen LogP contribution in [0.5, 0.6) is 11.8 Å². The summed E-state index contributed by atoms with van der Waals surface area (Å²) in [6.45, 7) is 6.30. The van der Waals surface area contributed by atoms with Crippen LogP contribution >= 0.6 is 11.6 Å². The summed E-state index contributed by atoms with van der Waals surface area (Å²) in [5.41, 5.74) is -1.64. The van der Waals surface area contributed by atoms with Crippen molar-refractivity contribution in [2.45, 2.75) is 120 Å². The molecule has 0 spiro atoms. The molecule has 3 fully saturated rings. The number of alkyl carbamates (subject to hydrolysis) is 1. The molecule has 14 nitrogen and oxygen atoms in total. The number of carbonyl (C=O) groups is 4. The highest BCUT2D eigenvalue weighted by atomic mass is 35.5. The van der Waals surface area contributed by atoms with Crippen LogP contribution in [0, 0.1) is 17.8 Å². The van der Waals surface area contributed by atoms with E-state index in [0.29, 0.717) is 67.9 Å². The Labute approximate surface area is 340 Å². The standard InChI is InChI=1S/C39H49ClF3N5O9S/c1-5-15-55-31-18-28-27(11-8-12-29(28)40)34(44-31)57-25-17-30-33(49)46-38(36(51)47-58(53,54)26-13-14-26)19-24(38)10-7-6-9-21(2)16-22(3)32(35(50)48(30)20-25)45-37(52)56-23(4)39(41,42)43/h7-8,10-12,18,21-26,30,32H,5-6,9,13-17,19-20H2,1-4H3,(H,45,52)(H,46,49)(H,47,51)/b10-7-/t21-,22-,23-,24-,25-,30+,32+,38-/m1/s1. The SMILES string of the molecule is CCCOc1cc2c(Cl)cccc2c(O[C@@H]2C[C@H]3C(=O)N[C@]4(C(=O)NS(=O)(=O)C5CC5)C[C@H]4/C=C\CC[C@@H](C)C[C@@H](C)[C@H](NC(=O)O[C@H](C)C(F)(F)F)C(=O)N3C2)n1. The van der Waals surface area contributed by atoms with Crippen LogP contribution in [0.2, 0.25) is 5.02 Å². The summed E-state index contributed by atoms with van der Waals surface area (Å²) in [5, 5.41) is 5.91. The van der Waals surface area contributed by atoms with E-state index >= 15 is 0 Å². The third kappa shape index (κ3) is 9.75. The van der Waals surface area contributed by atoms with E-state index in [-0.39, 0.29) is 37.1 Å². The number of benzene rings is 1. The third-order valence-corrected chi connectivity index (χ3v) is 13.3. The molecule has 4 amide bonds. The number of pyridine rings is 1. The van der Waals surface area contributed by atoms with Crippen molar-refractivity contribution in [3.63, 3.8) is 0 Å². The first-order chi connectivity index (χ1) is 27.3. The van der Waals surface area contributed by atoms with Gasteiger partial charge in [0, 0.05) is 34.2 Å². The number of allylic oxidation sites excluding steroid dienone is 1. The zero-order valence-electron chi connectivity index (χ0n) is 32.6. The summed E-state index contributed by atoms with van der Waals surface area (Å²) >= 11 is 6.54. The van der Waals surface area contributed by atoms with Crippen LogP contribution in [0.15, 0.2) is 36.4 Å². The lowest BCUT2D eigenvalue weighted by molar-refractivity contribution is -0.197. The fraction of sp³-hybridized carbons (Fsp3) is 0.615. The number of amides is 4. The molecule has 1 saturated heterocycles. The number of nitrogens with one attached hydrogen (secondary N) is 3. The minimum absolute atomic E-state index is 0.0402. The van der Waals surface area contributed by atoms with Crippen LogP contribution in [-0.2, 0) is 29.1 Å². The molecule has 8 atom stereocenters. The summed E-state index contributed by atoms with van der Waals surface area (Å²) in [6, 6.07) is 4.00. The zero-order valence-corrected chi connectivity index (χ0v) is 34.2.